The molecule has 6 N–H and O–H groups in total. The van der Waals surface area contributed by atoms with Crippen molar-refractivity contribution in [3.63, 3.8) is 0 Å². The van der Waals surface area contributed by atoms with Crippen molar-refractivity contribution in [2.75, 3.05) is 12.3 Å². The van der Waals surface area contributed by atoms with Crippen LogP contribution in [0.15, 0.2) is 0 Å². The molecule has 14 heteroatoms. The molecule has 0 heterocycles. The van der Waals surface area contributed by atoms with Gasteiger partial charge >= 0.3 is 28.7 Å². The van der Waals surface area contributed by atoms with E-state index >= 15 is 0 Å². The highest BCUT2D eigenvalue weighted by Crippen LogP contribution is 2.75. The quantitative estimate of drug-likeness (QED) is 0.268. The Hall–Kier alpha value is 0.680. The molecule has 0 bridgehead atoms. The second-order valence-corrected chi connectivity index (χ2v) is 16.3. The van der Waals surface area contributed by atoms with E-state index in [0.717, 1.165) is 0 Å². The average Bonchev–Trinajstić information content (AvgIpc) is 2.12. The van der Waals surface area contributed by atoms with Crippen molar-refractivity contribution in [3.05, 3.63) is 0 Å². The molecule has 0 rings (SSSR count). The highest BCUT2D eigenvalue weighted by atomic mass is 32.1. The van der Waals surface area contributed by atoms with Gasteiger partial charge in [-0.15, -0.1) is 0 Å². The van der Waals surface area contributed by atoms with Gasteiger partial charge in [-0.05, 0) is 12.8 Å². The van der Waals surface area contributed by atoms with E-state index < -0.39 is 41.0 Å². The van der Waals surface area contributed by atoms with Gasteiger partial charge in [0.05, 0.1) is 0 Å². The van der Waals surface area contributed by atoms with Gasteiger partial charge in [-0.2, -0.15) is 0 Å². The summed E-state index contributed by atoms with van der Waals surface area (Å²) in [5.74, 6) is 0. The molecular weight excluding hydrogens is 344 g/mol. The van der Waals surface area contributed by atoms with Crippen molar-refractivity contribution in [3.8, 4) is 0 Å². The molecule has 0 aliphatic rings. The third kappa shape index (κ3) is 6.32. The highest BCUT2D eigenvalue weighted by molar-refractivity contribution is 8.29. The SMILES string of the molecule is O=P(O)(O)P(=O)(O)CCCCCP(=O)(O)P(=O)(O)O. The highest BCUT2D eigenvalue weighted by Gasteiger charge is 2.40. The minimum atomic E-state index is -5.09. The number of unbranched alkanes of at least 4 members (excludes halogenated alkanes) is 2. The summed E-state index contributed by atoms with van der Waals surface area (Å²) in [6.45, 7) is 0. The first kappa shape index (κ1) is 19.7. The fourth-order valence-electron chi connectivity index (χ4n) is 1.07. The van der Waals surface area contributed by atoms with Crippen LogP contribution in [0.1, 0.15) is 19.3 Å². The van der Waals surface area contributed by atoms with Crippen molar-refractivity contribution in [2.45, 2.75) is 19.3 Å². The first-order chi connectivity index (χ1) is 8.21. The molecule has 0 radical (unpaired) electrons. The molecule has 2 atom stereocenters. The third-order valence-electron chi connectivity index (χ3n) is 2.21. The Kier molecular flexibility index (Phi) is 6.87. The first-order valence-electron chi connectivity index (χ1n) is 4.96. The summed E-state index contributed by atoms with van der Waals surface area (Å²) in [4.78, 5) is 52.2. The van der Waals surface area contributed by atoms with Crippen LogP contribution < -0.4 is 0 Å². The lowest BCUT2D eigenvalue weighted by atomic mass is 10.3. The molecule has 0 aromatic rings. The van der Waals surface area contributed by atoms with Crippen LogP contribution >= 0.6 is 28.7 Å². The van der Waals surface area contributed by atoms with E-state index in [9.17, 15) is 18.3 Å². The van der Waals surface area contributed by atoms with Crippen LogP contribution in [0.3, 0.4) is 0 Å². The molecule has 0 aromatic carbocycles. The van der Waals surface area contributed by atoms with Crippen molar-refractivity contribution < 1.29 is 47.6 Å². The third-order valence-corrected chi connectivity index (χ3v) is 11.7. The van der Waals surface area contributed by atoms with Gasteiger partial charge < -0.3 is 29.4 Å². The summed E-state index contributed by atoms with van der Waals surface area (Å²) >= 11 is 0. The van der Waals surface area contributed by atoms with Crippen molar-refractivity contribution >= 4 is 28.7 Å². The van der Waals surface area contributed by atoms with Crippen LogP contribution in [-0.2, 0) is 18.3 Å². The molecule has 19 heavy (non-hydrogen) atoms. The van der Waals surface area contributed by atoms with E-state index in [1.807, 2.05) is 0 Å². The summed E-state index contributed by atoms with van der Waals surface area (Å²) in [5.41, 5.74) is 0. The fourth-order valence-corrected chi connectivity index (χ4v) is 5.28. The predicted molar refractivity (Wildman–Crippen MR) is 67.3 cm³/mol. The van der Waals surface area contributed by atoms with Crippen LogP contribution in [-0.4, -0.2) is 41.7 Å². The van der Waals surface area contributed by atoms with Crippen molar-refractivity contribution in [1.82, 2.24) is 0 Å². The fraction of sp³-hybridized carbons (Fsp3) is 1.00. The Balaban J connectivity index is 4.17. The maximum Gasteiger partial charge on any atom is 0.407 e. The minimum Gasteiger partial charge on any atom is -0.336 e. The molecular formula is C5H16O10P4. The molecule has 0 aliphatic heterocycles. The van der Waals surface area contributed by atoms with E-state index in [1.54, 1.807) is 0 Å². The zero-order chi connectivity index (χ0) is 15.5. The van der Waals surface area contributed by atoms with E-state index in [0.29, 0.717) is 0 Å². The molecule has 0 saturated carbocycles. The van der Waals surface area contributed by atoms with E-state index in [2.05, 4.69) is 0 Å². The van der Waals surface area contributed by atoms with Crippen molar-refractivity contribution in [2.24, 2.45) is 0 Å². The van der Waals surface area contributed by atoms with Gasteiger partial charge in [-0.1, -0.05) is 6.42 Å². The lowest BCUT2D eigenvalue weighted by molar-refractivity contribution is 0.376. The van der Waals surface area contributed by atoms with Gasteiger partial charge in [-0.25, -0.2) is 9.13 Å². The molecule has 0 saturated heterocycles. The van der Waals surface area contributed by atoms with Crippen LogP contribution in [0.2, 0.25) is 0 Å². The lowest BCUT2D eigenvalue weighted by Gasteiger charge is -2.14. The van der Waals surface area contributed by atoms with E-state index in [-0.39, 0.29) is 19.3 Å². The molecule has 2 unspecified atom stereocenters. The van der Waals surface area contributed by atoms with E-state index in [1.165, 1.54) is 0 Å². The standard InChI is InChI=1S/C5H16O10P4/c6-16(7,18(10,11)12)4-2-1-3-5-17(8,9)19(13,14)15/h1-5H2,(H,6,7)(H,8,9)(H2,10,11,12)(H2,13,14,15). The summed E-state index contributed by atoms with van der Waals surface area (Å²) in [5, 5.41) is 0. The van der Waals surface area contributed by atoms with Crippen LogP contribution in [0.4, 0.5) is 0 Å². The molecule has 10 nitrogen and oxygen atoms in total. The molecule has 0 aromatic heterocycles. The smallest absolute Gasteiger partial charge is 0.336 e. The van der Waals surface area contributed by atoms with Crippen LogP contribution in [0.25, 0.3) is 0 Å². The van der Waals surface area contributed by atoms with Crippen molar-refractivity contribution in [1.29, 1.82) is 0 Å². The predicted octanol–water partition coefficient (Wildman–Crippen LogP) is 0.883. The van der Waals surface area contributed by atoms with Gasteiger partial charge in [0, 0.05) is 12.3 Å². The van der Waals surface area contributed by atoms with Gasteiger partial charge in [-0.3, -0.25) is 9.13 Å². The van der Waals surface area contributed by atoms with Crippen LogP contribution in [0.5, 0.6) is 0 Å². The van der Waals surface area contributed by atoms with Gasteiger partial charge in [0.2, 0.25) is 0 Å². The lowest BCUT2D eigenvalue weighted by Crippen LogP contribution is -1.94. The topological polar surface area (TPSA) is 190 Å². The second kappa shape index (κ2) is 6.63. The second-order valence-electron chi connectivity index (χ2n) is 3.86. The summed E-state index contributed by atoms with van der Waals surface area (Å²) in [7, 11) is -19.4. The summed E-state index contributed by atoms with van der Waals surface area (Å²) in [6, 6.07) is 0. The van der Waals surface area contributed by atoms with Gasteiger partial charge in [0.25, 0.3) is 0 Å². The molecule has 116 valence electrons. The monoisotopic (exact) mass is 360 g/mol. The Bertz CT molecular complexity index is 442. The summed E-state index contributed by atoms with van der Waals surface area (Å²) in [6.07, 6.45) is -1.51. The Morgan fingerprint density at radius 3 is 1.00 bits per heavy atom. The summed E-state index contributed by atoms with van der Waals surface area (Å²) < 4.78 is 43.4. The first-order valence-corrected chi connectivity index (χ1v) is 13.3. The number of rotatable bonds is 8. The normalized spacial score (nSPS) is 19.7. The largest absolute Gasteiger partial charge is 0.407 e. The molecule has 0 fully saturated rings. The number of hydrogen-bond acceptors (Lipinski definition) is 4. The maximum atomic E-state index is 11.1. The zero-order valence-corrected chi connectivity index (χ0v) is 13.2. The maximum absolute atomic E-state index is 11.1. The molecule has 0 amide bonds. The Morgan fingerprint density at radius 2 is 0.789 bits per heavy atom. The average molecular weight is 360 g/mol. The van der Waals surface area contributed by atoms with Gasteiger partial charge in [0.1, 0.15) is 0 Å². The Labute approximate surface area is 108 Å². The van der Waals surface area contributed by atoms with Gasteiger partial charge in [0.15, 0.2) is 0 Å². The molecule has 0 spiro atoms. The Morgan fingerprint density at radius 1 is 0.526 bits per heavy atom. The zero-order valence-electron chi connectivity index (χ0n) is 9.64. The molecule has 0 aliphatic carbocycles. The minimum absolute atomic E-state index is 0.0368. The number of hydrogen-bond donors (Lipinski definition) is 6. The van der Waals surface area contributed by atoms with Crippen LogP contribution in [0, 0.1) is 0 Å². The van der Waals surface area contributed by atoms with E-state index in [4.69, 9.17) is 29.4 Å².